The Morgan fingerprint density at radius 3 is 2.87 bits per heavy atom. The third-order valence-electron chi connectivity index (χ3n) is 3.19. The van der Waals surface area contributed by atoms with Crippen molar-refractivity contribution in [1.82, 2.24) is 9.55 Å². The molecule has 3 rings (SSSR count). The van der Waals surface area contributed by atoms with Gasteiger partial charge >= 0.3 is 5.97 Å². The standard InChI is InChI=1S/C16H13BrN2O3S/c1-21-15(20)13-6-9-22-14(13)10-23-16-18-7-8-19(16)12-4-2-11(17)3-5-12/h2-9H,10H2,1H3. The van der Waals surface area contributed by atoms with Crippen LogP contribution in [0, 0.1) is 0 Å². The van der Waals surface area contributed by atoms with Gasteiger partial charge in [0.1, 0.15) is 11.3 Å². The first-order chi connectivity index (χ1) is 11.2. The predicted molar refractivity (Wildman–Crippen MR) is 90.9 cm³/mol. The zero-order valence-corrected chi connectivity index (χ0v) is 14.6. The molecular formula is C16H13BrN2O3S. The summed E-state index contributed by atoms with van der Waals surface area (Å²) in [6.45, 7) is 0. The number of carbonyl (C=O) groups excluding carboxylic acids is 1. The number of esters is 1. The number of halogens is 1. The minimum Gasteiger partial charge on any atom is -0.468 e. The molecular weight excluding hydrogens is 380 g/mol. The number of thioether (sulfide) groups is 1. The molecule has 0 bridgehead atoms. The van der Waals surface area contributed by atoms with Crippen LogP contribution in [0.25, 0.3) is 5.69 Å². The summed E-state index contributed by atoms with van der Waals surface area (Å²) in [6.07, 6.45) is 5.13. The molecule has 5 nitrogen and oxygen atoms in total. The van der Waals surface area contributed by atoms with E-state index in [1.54, 1.807) is 12.3 Å². The Morgan fingerprint density at radius 2 is 2.13 bits per heavy atom. The van der Waals surface area contributed by atoms with E-state index in [9.17, 15) is 4.79 Å². The normalized spacial score (nSPS) is 10.7. The minimum absolute atomic E-state index is 0.398. The quantitative estimate of drug-likeness (QED) is 0.478. The lowest BCUT2D eigenvalue weighted by molar-refractivity contribution is 0.0598. The van der Waals surface area contributed by atoms with Crippen LogP contribution < -0.4 is 0 Å². The number of imidazole rings is 1. The number of hydrogen-bond acceptors (Lipinski definition) is 5. The molecule has 0 aliphatic carbocycles. The molecule has 0 atom stereocenters. The Kier molecular flexibility index (Phi) is 4.88. The number of furan rings is 1. The largest absolute Gasteiger partial charge is 0.468 e. The smallest absolute Gasteiger partial charge is 0.341 e. The van der Waals surface area contributed by atoms with Gasteiger partial charge in [-0.05, 0) is 30.3 Å². The van der Waals surface area contributed by atoms with Crippen LogP contribution in [-0.4, -0.2) is 22.6 Å². The molecule has 0 saturated carbocycles. The van der Waals surface area contributed by atoms with Crippen LogP contribution in [-0.2, 0) is 10.5 Å². The van der Waals surface area contributed by atoms with E-state index in [1.807, 2.05) is 35.0 Å². The molecule has 3 aromatic rings. The van der Waals surface area contributed by atoms with Crippen molar-refractivity contribution in [2.75, 3.05) is 7.11 Å². The predicted octanol–water partition coefficient (Wildman–Crippen LogP) is 4.31. The van der Waals surface area contributed by atoms with Crippen LogP contribution in [0.5, 0.6) is 0 Å². The summed E-state index contributed by atoms with van der Waals surface area (Å²) in [5.74, 6) is 0.670. The second-order valence-corrected chi connectivity index (χ2v) is 6.45. The lowest BCUT2D eigenvalue weighted by atomic mass is 10.3. The maximum atomic E-state index is 11.7. The van der Waals surface area contributed by atoms with Gasteiger partial charge in [-0.3, -0.25) is 4.57 Å². The third-order valence-corrected chi connectivity index (χ3v) is 4.69. The highest BCUT2D eigenvalue weighted by molar-refractivity contribution is 9.10. The fourth-order valence-electron chi connectivity index (χ4n) is 2.07. The molecule has 0 unspecified atom stereocenters. The van der Waals surface area contributed by atoms with Crippen molar-refractivity contribution in [3.8, 4) is 5.69 Å². The van der Waals surface area contributed by atoms with Crippen molar-refractivity contribution in [3.05, 3.63) is 64.8 Å². The van der Waals surface area contributed by atoms with Crippen molar-refractivity contribution < 1.29 is 13.9 Å². The molecule has 23 heavy (non-hydrogen) atoms. The molecule has 0 N–H and O–H groups in total. The van der Waals surface area contributed by atoms with Crippen molar-refractivity contribution >= 4 is 33.7 Å². The van der Waals surface area contributed by atoms with Gasteiger partial charge in [-0.25, -0.2) is 9.78 Å². The highest BCUT2D eigenvalue weighted by atomic mass is 79.9. The van der Waals surface area contributed by atoms with Gasteiger partial charge in [-0.2, -0.15) is 0 Å². The Hall–Kier alpha value is -1.99. The van der Waals surface area contributed by atoms with Gasteiger partial charge in [-0.15, -0.1) is 0 Å². The van der Waals surface area contributed by atoms with E-state index in [4.69, 9.17) is 9.15 Å². The molecule has 2 aromatic heterocycles. The van der Waals surface area contributed by atoms with Gasteiger partial charge in [0.2, 0.25) is 0 Å². The van der Waals surface area contributed by atoms with Crippen LogP contribution in [0.2, 0.25) is 0 Å². The van der Waals surface area contributed by atoms with Crippen LogP contribution in [0.15, 0.2) is 63.0 Å². The number of nitrogens with zero attached hydrogens (tertiary/aromatic N) is 2. The average Bonchev–Trinajstić information content (AvgIpc) is 3.22. The van der Waals surface area contributed by atoms with E-state index < -0.39 is 5.97 Å². The number of hydrogen-bond donors (Lipinski definition) is 0. The summed E-state index contributed by atoms with van der Waals surface area (Å²) in [6, 6.07) is 9.57. The first kappa shape index (κ1) is 15.9. The summed E-state index contributed by atoms with van der Waals surface area (Å²) in [5, 5.41) is 0.819. The molecule has 0 radical (unpaired) electrons. The SMILES string of the molecule is COC(=O)c1ccoc1CSc1nccn1-c1ccc(Br)cc1. The monoisotopic (exact) mass is 392 g/mol. The molecule has 0 amide bonds. The fraction of sp³-hybridized carbons (Fsp3) is 0.125. The van der Waals surface area contributed by atoms with Gasteiger partial charge in [0.15, 0.2) is 5.16 Å². The molecule has 7 heteroatoms. The van der Waals surface area contributed by atoms with Crippen molar-refractivity contribution in [2.24, 2.45) is 0 Å². The summed E-state index contributed by atoms with van der Waals surface area (Å²) in [7, 11) is 1.35. The number of carbonyl (C=O) groups is 1. The van der Waals surface area contributed by atoms with Crippen LogP contribution in [0.1, 0.15) is 16.1 Å². The topological polar surface area (TPSA) is 57.3 Å². The second kappa shape index (κ2) is 7.06. The Balaban J connectivity index is 1.78. The molecule has 0 spiro atoms. The maximum Gasteiger partial charge on any atom is 0.341 e. The van der Waals surface area contributed by atoms with Crippen LogP contribution >= 0.6 is 27.7 Å². The Labute approximate surface area is 145 Å². The first-order valence-electron chi connectivity index (χ1n) is 6.76. The van der Waals surface area contributed by atoms with Gasteiger partial charge in [0.05, 0.1) is 19.1 Å². The van der Waals surface area contributed by atoms with Crippen LogP contribution in [0.3, 0.4) is 0 Å². The molecule has 118 valence electrons. The summed E-state index contributed by atoms with van der Waals surface area (Å²) >= 11 is 4.92. The van der Waals surface area contributed by atoms with Crippen molar-refractivity contribution in [1.29, 1.82) is 0 Å². The lowest BCUT2D eigenvalue weighted by Crippen LogP contribution is -2.02. The Morgan fingerprint density at radius 1 is 1.35 bits per heavy atom. The van der Waals surface area contributed by atoms with E-state index in [0.717, 1.165) is 15.3 Å². The molecule has 0 aliphatic rings. The maximum absolute atomic E-state index is 11.7. The number of benzene rings is 1. The van der Waals surface area contributed by atoms with E-state index in [1.165, 1.54) is 25.1 Å². The van der Waals surface area contributed by atoms with E-state index in [0.29, 0.717) is 17.1 Å². The summed E-state index contributed by atoms with van der Waals surface area (Å²) in [5.41, 5.74) is 1.46. The second-order valence-electron chi connectivity index (χ2n) is 4.59. The van der Waals surface area contributed by atoms with Crippen LogP contribution in [0.4, 0.5) is 0 Å². The zero-order chi connectivity index (χ0) is 16.2. The van der Waals surface area contributed by atoms with Crippen molar-refractivity contribution in [3.63, 3.8) is 0 Å². The summed E-state index contributed by atoms with van der Waals surface area (Å²) < 4.78 is 13.1. The highest BCUT2D eigenvalue weighted by Crippen LogP contribution is 2.26. The van der Waals surface area contributed by atoms with E-state index >= 15 is 0 Å². The van der Waals surface area contributed by atoms with E-state index in [2.05, 4.69) is 20.9 Å². The molecule has 0 fully saturated rings. The Bertz CT molecular complexity index is 811. The van der Waals surface area contributed by atoms with Gasteiger partial charge in [-0.1, -0.05) is 27.7 Å². The highest BCUT2D eigenvalue weighted by Gasteiger charge is 2.16. The van der Waals surface area contributed by atoms with Crippen molar-refractivity contribution in [2.45, 2.75) is 10.9 Å². The summed E-state index contributed by atoms with van der Waals surface area (Å²) in [4.78, 5) is 16.0. The van der Waals surface area contributed by atoms with Gasteiger partial charge in [0.25, 0.3) is 0 Å². The molecule has 0 aliphatic heterocycles. The number of methoxy groups -OCH3 is 1. The molecule has 0 saturated heterocycles. The number of ether oxygens (including phenoxy) is 1. The van der Waals surface area contributed by atoms with Gasteiger partial charge in [0, 0.05) is 22.6 Å². The first-order valence-corrected chi connectivity index (χ1v) is 8.53. The minimum atomic E-state index is -0.398. The molecule has 2 heterocycles. The lowest BCUT2D eigenvalue weighted by Gasteiger charge is -2.07. The van der Waals surface area contributed by atoms with Gasteiger partial charge < -0.3 is 9.15 Å². The third kappa shape index (κ3) is 3.51. The zero-order valence-electron chi connectivity index (χ0n) is 12.2. The number of rotatable bonds is 5. The van der Waals surface area contributed by atoms with E-state index in [-0.39, 0.29) is 0 Å². The molecule has 1 aromatic carbocycles. The fourth-order valence-corrected chi connectivity index (χ4v) is 3.26. The average molecular weight is 393 g/mol. The number of aromatic nitrogens is 2.